The number of halogens is 1. The Bertz CT molecular complexity index is 490. The first-order valence-electron chi connectivity index (χ1n) is 6.50. The number of piperidine rings is 1. The van der Waals surface area contributed by atoms with Gasteiger partial charge < -0.3 is 14.8 Å². The molecule has 1 aliphatic heterocycles. The Kier molecular flexibility index (Phi) is 4.73. The van der Waals surface area contributed by atoms with Gasteiger partial charge in [0.15, 0.2) is 11.6 Å². The molecule has 1 aromatic rings. The van der Waals surface area contributed by atoms with Crippen molar-refractivity contribution in [3.63, 3.8) is 0 Å². The monoisotopic (exact) mass is 284 g/mol. The summed E-state index contributed by atoms with van der Waals surface area (Å²) in [5.41, 5.74) is -0.390. The number of nitrogens with one attached hydrogen (secondary N) is 1. The van der Waals surface area contributed by atoms with Crippen LogP contribution in [0.25, 0.3) is 0 Å². The van der Waals surface area contributed by atoms with E-state index in [1.165, 1.54) is 13.2 Å². The number of nitro benzene ring substituents is 1. The van der Waals surface area contributed by atoms with Gasteiger partial charge in [-0.15, -0.1) is 0 Å². The quantitative estimate of drug-likeness (QED) is 0.663. The average Bonchev–Trinajstić information content (AvgIpc) is 2.46. The smallest absolute Gasteiger partial charge is 0.314 e. The number of hydrogen-bond acceptors (Lipinski definition) is 5. The van der Waals surface area contributed by atoms with Gasteiger partial charge in [0.25, 0.3) is 0 Å². The fourth-order valence-electron chi connectivity index (χ4n) is 2.20. The topological polar surface area (TPSA) is 73.6 Å². The summed E-state index contributed by atoms with van der Waals surface area (Å²) >= 11 is 0. The van der Waals surface area contributed by atoms with Gasteiger partial charge in [-0.2, -0.15) is 0 Å². The Morgan fingerprint density at radius 3 is 2.85 bits per heavy atom. The molecular formula is C13H17FN2O4. The van der Waals surface area contributed by atoms with E-state index in [0.29, 0.717) is 6.61 Å². The molecule has 1 aromatic carbocycles. The summed E-state index contributed by atoms with van der Waals surface area (Å²) < 4.78 is 23.8. The molecule has 0 bridgehead atoms. The molecule has 110 valence electrons. The van der Waals surface area contributed by atoms with Gasteiger partial charge in [-0.25, -0.2) is 4.39 Å². The van der Waals surface area contributed by atoms with Crippen LogP contribution >= 0.6 is 0 Å². The fourth-order valence-corrected chi connectivity index (χ4v) is 2.20. The molecule has 0 spiro atoms. The lowest BCUT2D eigenvalue weighted by atomic mass is 10.1. The maximum absolute atomic E-state index is 13.5. The van der Waals surface area contributed by atoms with Crippen molar-refractivity contribution < 1.29 is 18.8 Å². The van der Waals surface area contributed by atoms with Crippen molar-refractivity contribution in [3.8, 4) is 11.5 Å². The van der Waals surface area contributed by atoms with Gasteiger partial charge in [0.05, 0.1) is 18.1 Å². The van der Waals surface area contributed by atoms with Gasteiger partial charge in [-0.3, -0.25) is 10.1 Å². The van der Waals surface area contributed by atoms with Crippen LogP contribution in [0.3, 0.4) is 0 Å². The zero-order valence-electron chi connectivity index (χ0n) is 11.2. The molecule has 1 N–H and O–H groups in total. The maximum Gasteiger partial charge on any atom is 0.314 e. The predicted molar refractivity (Wildman–Crippen MR) is 70.7 cm³/mol. The van der Waals surface area contributed by atoms with E-state index in [9.17, 15) is 14.5 Å². The van der Waals surface area contributed by atoms with Crippen LogP contribution in [0, 0.1) is 15.9 Å². The Morgan fingerprint density at radius 2 is 2.25 bits per heavy atom. The zero-order chi connectivity index (χ0) is 14.5. The van der Waals surface area contributed by atoms with E-state index in [0.717, 1.165) is 31.9 Å². The van der Waals surface area contributed by atoms with Crippen LogP contribution in [0.2, 0.25) is 0 Å². The van der Waals surface area contributed by atoms with E-state index in [-0.39, 0.29) is 23.2 Å². The standard InChI is InChI=1S/C13H17FN2O4/c1-19-12-7-13(11(16(17)18)6-10(12)14)20-8-9-4-2-3-5-15-9/h6-7,9,15H,2-5,8H2,1H3. The first-order valence-corrected chi connectivity index (χ1v) is 6.50. The van der Waals surface area contributed by atoms with Crippen molar-refractivity contribution >= 4 is 5.69 Å². The van der Waals surface area contributed by atoms with E-state index in [4.69, 9.17) is 9.47 Å². The van der Waals surface area contributed by atoms with Gasteiger partial charge in [0.2, 0.25) is 5.75 Å². The number of methoxy groups -OCH3 is 1. The Morgan fingerprint density at radius 1 is 1.45 bits per heavy atom. The molecule has 1 aliphatic rings. The number of rotatable bonds is 5. The first kappa shape index (κ1) is 14.5. The predicted octanol–water partition coefficient (Wildman–Crippen LogP) is 2.26. The lowest BCUT2D eigenvalue weighted by Crippen LogP contribution is -2.38. The second kappa shape index (κ2) is 6.51. The van der Waals surface area contributed by atoms with Crippen LogP contribution in [0.15, 0.2) is 12.1 Å². The third-order valence-electron chi connectivity index (χ3n) is 3.28. The molecule has 2 rings (SSSR count). The van der Waals surface area contributed by atoms with Crippen LogP contribution in [-0.4, -0.2) is 31.2 Å². The molecule has 0 aromatic heterocycles. The molecule has 0 saturated carbocycles. The summed E-state index contributed by atoms with van der Waals surface area (Å²) in [6.45, 7) is 1.23. The number of hydrogen-bond donors (Lipinski definition) is 1. The third kappa shape index (κ3) is 3.36. The zero-order valence-corrected chi connectivity index (χ0v) is 11.2. The summed E-state index contributed by atoms with van der Waals surface area (Å²) in [7, 11) is 1.30. The van der Waals surface area contributed by atoms with E-state index < -0.39 is 10.7 Å². The molecule has 1 unspecified atom stereocenters. The summed E-state index contributed by atoms with van der Waals surface area (Å²) in [5.74, 6) is -0.815. The van der Waals surface area contributed by atoms with Crippen molar-refractivity contribution in [3.05, 3.63) is 28.1 Å². The highest BCUT2D eigenvalue weighted by atomic mass is 19.1. The average molecular weight is 284 g/mol. The molecule has 0 radical (unpaired) electrons. The Hall–Kier alpha value is -1.89. The van der Waals surface area contributed by atoms with Gasteiger partial charge in [0.1, 0.15) is 6.61 Å². The summed E-state index contributed by atoms with van der Waals surface area (Å²) in [6.07, 6.45) is 3.20. The molecule has 6 nitrogen and oxygen atoms in total. The molecule has 1 atom stereocenters. The van der Waals surface area contributed by atoms with Gasteiger partial charge in [-0.1, -0.05) is 6.42 Å². The van der Waals surface area contributed by atoms with E-state index in [1.54, 1.807) is 0 Å². The lowest BCUT2D eigenvalue weighted by molar-refractivity contribution is -0.386. The molecule has 1 fully saturated rings. The minimum atomic E-state index is -0.776. The maximum atomic E-state index is 13.5. The highest BCUT2D eigenvalue weighted by Crippen LogP contribution is 2.33. The fraction of sp³-hybridized carbons (Fsp3) is 0.538. The lowest BCUT2D eigenvalue weighted by Gasteiger charge is -2.23. The number of nitro groups is 1. The SMILES string of the molecule is COc1cc(OCC2CCCCN2)c([N+](=O)[O-])cc1F. The number of ether oxygens (including phenoxy) is 2. The third-order valence-corrected chi connectivity index (χ3v) is 3.28. The van der Waals surface area contributed by atoms with Crippen molar-refractivity contribution in [1.29, 1.82) is 0 Å². The normalized spacial score (nSPS) is 18.6. The van der Waals surface area contributed by atoms with E-state index in [2.05, 4.69) is 5.32 Å². The van der Waals surface area contributed by atoms with Gasteiger partial charge in [0, 0.05) is 12.1 Å². The highest BCUT2D eigenvalue weighted by Gasteiger charge is 2.22. The molecule has 0 amide bonds. The van der Waals surface area contributed by atoms with Crippen LogP contribution in [-0.2, 0) is 0 Å². The van der Waals surface area contributed by atoms with E-state index >= 15 is 0 Å². The molecule has 1 saturated heterocycles. The van der Waals surface area contributed by atoms with Crippen molar-refractivity contribution in [2.45, 2.75) is 25.3 Å². The largest absolute Gasteiger partial charge is 0.494 e. The van der Waals surface area contributed by atoms with Crippen molar-refractivity contribution in [2.24, 2.45) is 0 Å². The van der Waals surface area contributed by atoms with Crippen molar-refractivity contribution in [2.75, 3.05) is 20.3 Å². The van der Waals surface area contributed by atoms with Crippen LogP contribution in [0.4, 0.5) is 10.1 Å². The number of nitrogens with zero attached hydrogens (tertiary/aromatic N) is 1. The summed E-state index contributed by atoms with van der Waals surface area (Å²) in [6, 6.07) is 2.21. The molecule has 1 heterocycles. The highest BCUT2D eigenvalue weighted by molar-refractivity contribution is 5.51. The summed E-state index contributed by atoms with van der Waals surface area (Å²) in [5, 5.41) is 14.2. The van der Waals surface area contributed by atoms with E-state index in [1.807, 2.05) is 0 Å². The molecular weight excluding hydrogens is 267 g/mol. The minimum Gasteiger partial charge on any atom is -0.494 e. The summed E-state index contributed by atoms with van der Waals surface area (Å²) in [4.78, 5) is 10.3. The molecule has 0 aliphatic carbocycles. The van der Waals surface area contributed by atoms with Crippen molar-refractivity contribution in [1.82, 2.24) is 5.32 Å². The molecule has 20 heavy (non-hydrogen) atoms. The second-order valence-corrected chi connectivity index (χ2v) is 4.67. The number of benzene rings is 1. The second-order valence-electron chi connectivity index (χ2n) is 4.67. The Labute approximate surface area is 116 Å². The van der Waals surface area contributed by atoms with Crippen LogP contribution in [0.1, 0.15) is 19.3 Å². The minimum absolute atomic E-state index is 0.0284. The van der Waals surface area contributed by atoms with Crippen LogP contribution in [0.5, 0.6) is 11.5 Å². The first-order chi connectivity index (χ1) is 9.61. The van der Waals surface area contributed by atoms with Gasteiger partial charge in [-0.05, 0) is 19.4 Å². The Balaban J connectivity index is 2.13. The van der Waals surface area contributed by atoms with Gasteiger partial charge >= 0.3 is 5.69 Å². The molecule has 7 heteroatoms. The van der Waals surface area contributed by atoms with Crippen LogP contribution < -0.4 is 14.8 Å².